The fourth-order valence-corrected chi connectivity index (χ4v) is 3.46. The average molecular weight is 276 g/mol. The van der Waals surface area contributed by atoms with Crippen LogP contribution < -0.4 is 4.90 Å². The van der Waals surface area contributed by atoms with E-state index in [1.807, 2.05) is 6.07 Å². The van der Waals surface area contributed by atoms with Crippen molar-refractivity contribution in [3.8, 4) is 0 Å². The van der Waals surface area contributed by atoms with Crippen molar-refractivity contribution in [3.63, 3.8) is 0 Å². The Morgan fingerprint density at radius 1 is 1.15 bits per heavy atom. The predicted molar refractivity (Wildman–Crippen MR) is 77.8 cm³/mol. The number of rotatable bonds is 3. The number of aldehydes is 1. The second-order valence-electron chi connectivity index (χ2n) is 5.78. The van der Waals surface area contributed by atoms with Gasteiger partial charge in [0, 0.05) is 19.1 Å². The van der Waals surface area contributed by atoms with Crippen LogP contribution in [0.5, 0.6) is 0 Å². The van der Waals surface area contributed by atoms with Crippen molar-refractivity contribution in [2.24, 2.45) is 0 Å². The van der Waals surface area contributed by atoms with Gasteiger partial charge in [-0.2, -0.15) is 0 Å². The minimum atomic E-state index is -0.418. The first-order chi connectivity index (χ1) is 9.79. The van der Waals surface area contributed by atoms with Gasteiger partial charge in [-0.1, -0.05) is 12.5 Å². The monoisotopic (exact) mass is 276 g/mol. The van der Waals surface area contributed by atoms with E-state index >= 15 is 0 Å². The summed E-state index contributed by atoms with van der Waals surface area (Å²) in [6.07, 6.45) is 5.66. The molecule has 1 aromatic rings. The molecule has 0 aliphatic carbocycles. The molecule has 0 radical (unpaired) electrons. The van der Waals surface area contributed by atoms with E-state index in [9.17, 15) is 9.18 Å². The Hall–Kier alpha value is -1.42. The molecule has 2 saturated heterocycles. The summed E-state index contributed by atoms with van der Waals surface area (Å²) in [6.45, 7) is 4.18. The molecule has 0 amide bonds. The lowest BCUT2D eigenvalue weighted by Gasteiger charge is -2.32. The van der Waals surface area contributed by atoms with Crippen LogP contribution in [0.25, 0.3) is 0 Å². The van der Waals surface area contributed by atoms with Crippen molar-refractivity contribution in [1.82, 2.24) is 4.90 Å². The number of halogens is 1. The first-order valence-corrected chi connectivity index (χ1v) is 7.52. The number of carbonyl (C=O) groups excluding carboxylic acids is 1. The zero-order chi connectivity index (χ0) is 13.9. The molecule has 0 bridgehead atoms. The lowest BCUT2D eigenvalue weighted by atomic mass is 10.1. The van der Waals surface area contributed by atoms with Gasteiger partial charge in [-0.3, -0.25) is 9.69 Å². The zero-order valence-electron chi connectivity index (χ0n) is 11.7. The normalized spacial score (nSPS) is 24.1. The number of hydrogen-bond donors (Lipinski definition) is 0. The molecule has 0 aromatic heterocycles. The van der Waals surface area contributed by atoms with Gasteiger partial charge < -0.3 is 4.90 Å². The van der Waals surface area contributed by atoms with E-state index in [4.69, 9.17) is 0 Å². The summed E-state index contributed by atoms with van der Waals surface area (Å²) in [5.41, 5.74) is 0.950. The largest absolute Gasteiger partial charge is 0.369 e. The van der Waals surface area contributed by atoms with Crippen molar-refractivity contribution < 1.29 is 9.18 Å². The van der Waals surface area contributed by atoms with Crippen LogP contribution in [0.15, 0.2) is 18.2 Å². The summed E-state index contributed by atoms with van der Waals surface area (Å²) < 4.78 is 13.7. The molecule has 1 unspecified atom stereocenters. The fraction of sp³-hybridized carbons (Fsp3) is 0.562. The van der Waals surface area contributed by atoms with Crippen LogP contribution >= 0.6 is 0 Å². The van der Waals surface area contributed by atoms with E-state index in [2.05, 4.69) is 9.80 Å². The molecule has 2 aliphatic rings. The molecule has 3 rings (SSSR count). The summed E-state index contributed by atoms with van der Waals surface area (Å²) in [5.74, 6) is -0.418. The number of piperidine rings is 1. The molecule has 4 heteroatoms. The Bertz CT molecular complexity index is 485. The summed E-state index contributed by atoms with van der Waals surface area (Å²) in [7, 11) is 0. The van der Waals surface area contributed by atoms with Crippen LogP contribution in [0.2, 0.25) is 0 Å². The standard InChI is InChI=1S/C16H21FN2O/c17-15-5-4-6-16(14(15)12-20)19-10-7-13(11-19)18-8-2-1-3-9-18/h4-6,12-13H,1-3,7-11H2. The molecule has 0 saturated carbocycles. The second kappa shape index (κ2) is 5.92. The smallest absolute Gasteiger partial charge is 0.155 e. The van der Waals surface area contributed by atoms with Crippen molar-refractivity contribution in [2.45, 2.75) is 31.7 Å². The summed E-state index contributed by atoms with van der Waals surface area (Å²) >= 11 is 0. The van der Waals surface area contributed by atoms with Crippen molar-refractivity contribution in [1.29, 1.82) is 0 Å². The van der Waals surface area contributed by atoms with E-state index in [1.54, 1.807) is 6.07 Å². The zero-order valence-corrected chi connectivity index (χ0v) is 11.7. The highest BCUT2D eigenvalue weighted by molar-refractivity contribution is 5.85. The van der Waals surface area contributed by atoms with Crippen LogP contribution in [0.1, 0.15) is 36.0 Å². The number of anilines is 1. The van der Waals surface area contributed by atoms with Crippen LogP contribution in [-0.2, 0) is 0 Å². The Morgan fingerprint density at radius 2 is 1.95 bits per heavy atom. The summed E-state index contributed by atoms with van der Waals surface area (Å²) in [5, 5.41) is 0. The molecule has 108 valence electrons. The SMILES string of the molecule is O=Cc1c(F)cccc1N1CCC(N2CCCCC2)C1. The van der Waals surface area contributed by atoms with Gasteiger partial charge in [0.2, 0.25) is 0 Å². The van der Waals surface area contributed by atoms with Gasteiger partial charge in [-0.05, 0) is 44.5 Å². The minimum absolute atomic E-state index is 0.201. The molecule has 2 fully saturated rings. The van der Waals surface area contributed by atoms with Crippen LogP contribution in [0.3, 0.4) is 0 Å². The minimum Gasteiger partial charge on any atom is -0.369 e. The second-order valence-corrected chi connectivity index (χ2v) is 5.78. The van der Waals surface area contributed by atoms with Crippen molar-refractivity contribution >= 4 is 12.0 Å². The highest BCUT2D eigenvalue weighted by Gasteiger charge is 2.29. The Labute approximate surface area is 119 Å². The van der Waals surface area contributed by atoms with Gasteiger partial charge >= 0.3 is 0 Å². The first kappa shape index (κ1) is 13.6. The molecular formula is C16H21FN2O. The lowest BCUT2D eigenvalue weighted by Crippen LogP contribution is -2.41. The van der Waals surface area contributed by atoms with Crippen LogP contribution in [-0.4, -0.2) is 43.4 Å². The molecular weight excluding hydrogens is 255 g/mol. The third-order valence-electron chi connectivity index (χ3n) is 4.56. The quantitative estimate of drug-likeness (QED) is 0.793. The van der Waals surface area contributed by atoms with Crippen molar-refractivity contribution in [2.75, 3.05) is 31.1 Å². The maximum absolute atomic E-state index is 13.7. The van der Waals surface area contributed by atoms with Gasteiger partial charge in [0.05, 0.1) is 11.3 Å². The molecule has 0 N–H and O–H groups in total. The number of nitrogens with zero attached hydrogens (tertiary/aromatic N) is 2. The fourth-order valence-electron chi connectivity index (χ4n) is 3.46. The van der Waals surface area contributed by atoms with Gasteiger partial charge in [-0.15, -0.1) is 0 Å². The van der Waals surface area contributed by atoms with E-state index in [0.717, 1.165) is 25.2 Å². The van der Waals surface area contributed by atoms with Crippen molar-refractivity contribution in [3.05, 3.63) is 29.6 Å². The highest BCUT2D eigenvalue weighted by atomic mass is 19.1. The van der Waals surface area contributed by atoms with Gasteiger partial charge in [-0.25, -0.2) is 4.39 Å². The molecule has 20 heavy (non-hydrogen) atoms. The molecule has 2 aliphatic heterocycles. The third-order valence-corrected chi connectivity index (χ3v) is 4.56. The third kappa shape index (κ3) is 2.57. The van der Waals surface area contributed by atoms with E-state index < -0.39 is 5.82 Å². The number of hydrogen-bond acceptors (Lipinski definition) is 3. The Kier molecular flexibility index (Phi) is 4.01. The topological polar surface area (TPSA) is 23.6 Å². The Morgan fingerprint density at radius 3 is 2.70 bits per heavy atom. The van der Waals surface area contributed by atoms with E-state index in [-0.39, 0.29) is 5.56 Å². The van der Waals surface area contributed by atoms with Crippen LogP contribution in [0.4, 0.5) is 10.1 Å². The molecule has 0 spiro atoms. The Balaban J connectivity index is 1.73. The highest BCUT2D eigenvalue weighted by Crippen LogP contribution is 2.28. The van der Waals surface area contributed by atoms with Gasteiger partial charge in [0.25, 0.3) is 0 Å². The lowest BCUT2D eigenvalue weighted by molar-refractivity contribution is 0.112. The average Bonchev–Trinajstić information content (AvgIpc) is 2.97. The maximum Gasteiger partial charge on any atom is 0.155 e. The molecule has 1 atom stereocenters. The van der Waals surface area contributed by atoms with E-state index in [0.29, 0.717) is 12.3 Å². The van der Waals surface area contributed by atoms with E-state index in [1.165, 1.54) is 38.4 Å². The maximum atomic E-state index is 13.7. The van der Waals surface area contributed by atoms with Crippen LogP contribution in [0, 0.1) is 5.82 Å². The van der Waals surface area contributed by atoms with Gasteiger partial charge in [0.1, 0.15) is 5.82 Å². The molecule has 3 nitrogen and oxygen atoms in total. The first-order valence-electron chi connectivity index (χ1n) is 7.52. The summed E-state index contributed by atoms with van der Waals surface area (Å²) in [4.78, 5) is 15.8. The summed E-state index contributed by atoms with van der Waals surface area (Å²) in [6, 6.07) is 5.45. The number of carbonyl (C=O) groups is 1. The molecule has 2 heterocycles. The number of likely N-dealkylation sites (tertiary alicyclic amines) is 1. The predicted octanol–water partition coefficient (Wildman–Crippen LogP) is 2.70. The molecule has 1 aromatic carbocycles. The number of benzene rings is 1. The van der Waals surface area contributed by atoms with Gasteiger partial charge in [0.15, 0.2) is 6.29 Å².